The second kappa shape index (κ2) is 13.0. The third kappa shape index (κ3) is 7.58. The molecule has 1 aromatic carbocycles. The molecule has 0 radical (unpaired) electrons. The molecule has 3 rings (SSSR count). The van der Waals surface area contributed by atoms with Gasteiger partial charge in [0.05, 0.1) is 0 Å². The Morgan fingerprint density at radius 3 is 2.53 bits per heavy atom. The maximum atomic E-state index is 12.1. The maximum absolute atomic E-state index is 12.1. The summed E-state index contributed by atoms with van der Waals surface area (Å²) in [5, 5.41) is 3.99. The Kier molecular flexibility index (Phi) is 9.99. The fourth-order valence-electron chi connectivity index (χ4n) is 2.77. The molecule has 32 heavy (non-hydrogen) atoms. The number of pyridine rings is 2. The molecule has 0 aliphatic carbocycles. The van der Waals surface area contributed by atoms with E-state index in [1.165, 1.54) is 24.2 Å². The Hall–Kier alpha value is -3.59. The zero-order chi connectivity index (χ0) is 21.9. The first-order valence-electron chi connectivity index (χ1n) is 9.60. The summed E-state index contributed by atoms with van der Waals surface area (Å²) in [5.41, 5.74) is 6.13. The van der Waals surface area contributed by atoms with E-state index in [-0.39, 0.29) is 31.2 Å². The average molecular weight is 416 g/mol. The van der Waals surface area contributed by atoms with Crippen molar-refractivity contribution in [3.63, 3.8) is 0 Å². The van der Waals surface area contributed by atoms with Crippen LogP contribution in [-0.4, -0.2) is 23.4 Å². The number of benzene rings is 1. The van der Waals surface area contributed by atoms with Crippen LogP contribution in [0.4, 0.5) is 0 Å². The van der Waals surface area contributed by atoms with Crippen LogP contribution in [0.3, 0.4) is 0 Å². The zero-order valence-corrected chi connectivity index (χ0v) is 17.9. The number of hydrazone groups is 1. The van der Waals surface area contributed by atoms with Crippen LogP contribution >= 0.6 is 0 Å². The number of carbonyl (C=O) groups is 1. The average Bonchev–Trinajstić information content (AvgIpc) is 2.80. The zero-order valence-electron chi connectivity index (χ0n) is 17.9. The van der Waals surface area contributed by atoms with E-state index >= 15 is 0 Å². The van der Waals surface area contributed by atoms with Gasteiger partial charge in [-0.1, -0.05) is 36.4 Å². The van der Waals surface area contributed by atoms with Crippen molar-refractivity contribution in [3.05, 3.63) is 120 Å². The number of carbonyl (C=O) groups excluding carboxylic acids is 2. The topological polar surface area (TPSA) is 75.3 Å². The normalized spacial score (nSPS) is 10.9. The molecule has 0 unspecified atom stereocenters. The van der Waals surface area contributed by atoms with Gasteiger partial charge < -0.3 is 4.79 Å². The molecule has 0 aliphatic rings. The first-order valence-corrected chi connectivity index (χ1v) is 9.60. The van der Waals surface area contributed by atoms with Crippen LogP contribution in [-0.2, 0) is 11.2 Å². The second-order valence-electron chi connectivity index (χ2n) is 6.67. The van der Waals surface area contributed by atoms with Crippen LogP contribution in [0.2, 0.25) is 0 Å². The van der Waals surface area contributed by atoms with Gasteiger partial charge in [-0.15, -0.1) is 12.2 Å². The van der Waals surface area contributed by atoms with Gasteiger partial charge >= 0.3 is 18.9 Å². The van der Waals surface area contributed by atoms with Crippen molar-refractivity contribution in [2.75, 3.05) is 0 Å². The van der Waals surface area contributed by atoms with Gasteiger partial charge in [-0.2, -0.15) is 6.42 Å². The minimum absolute atomic E-state index is 0. The third-order valence-electron chi connectivity index (χ3n) is 4.33. The molecular formula is C25H21LiN4O2. The van der Waals surface area contributed by atoms with E-state index in [0.717, 1.165) is 12.0 Å². The van der Waals surface area contributed by atoms with Crippen LogP contribution in [0.25, 0.3) is 0 Å². The largest absolute Gasteiger partial charge is 1.00 e. The number of amides is 1. The summed E-state index contributed by atoms with van der Waals surface area (Å²) in [4.78, 5) is 26.8. The molecule has 154 valence electrons. The first kappa shape index (κ1) is 24.7. The number of hydrogen-bond donors (Lipinski definition) is 1. The molecule has 0 saturated carbocycles. The quantitative estimate of drug-likeness (QED) is 0.133. The van der Waals surface area contributed by atoms with Gasteiger partial charge in [0.2, 0.25) is 0 Å². The van der Waals surface area contributed by atoms with E-state index in [2.05, 4.69) is 40.4 Å². The second-order valence-corrected chi connectivity index (χ2v) is 6.67. The molecule has 3 aromatic rings. The van der Waals surface area contributed by atoms with E-state index in [1.54, 1.807) is 16.7 Å². The van der Waals surface area contributed by atoms with Crippen LogP contribution in [0, 0.1) is 6.20 Å². The summed E-state index contributed by atoms with van der Waals surface area (Å²) in [6.07, 6.45) is 14.0. The predicted octanol–water partition coefficient (Wildman–Crippen LogP) is -0.0291. The first-order chi connectivity index (χ1) is 15.2. The van der Waals surface area contributed by atoms with Crippen molar-refractivity contribution >= 4 is 18.4 Å². The molecular weight excluding hydrogens is 395 g/mol. The summed E-state index contributed by atoms with van der Waals surface area (Å²) in [7, 11) is 0. The van der Waals surface area contributed by atoms with Gasteiger partial charge in [-0.05, 0) is 47.5 Å². The van der Waals surface area contributed by atoms with Gasteiger partial charge in [0.15, 0.2) is 6.20 Å². The summed E-state index contributed by atoms with van der Waals surface area (Å²) in [6, 6.07) is 17.3. The number of rotatable bonds is 9. The third-order valence-corrected chi connectivity index (χ3v) is 4.33. The van der Waals surface area contributed by atoms with Gasteiger partial charge in [0.1, 0.15) is 12.4 Å². The van der Waals surface area contributed by atoms with E-state index in [0.29, 0.717) is 16.7 Å². The molecule has 1 amide bonds. The van der Waals surface area contributed by atoms with E-state index < -0.39 is 0 Å². The van der Waals surface area contributed by atoms with Crippen molar-refractivity contribution < 1.29 is 33.0 Å². The van der Waals surface area contributed by atoms with Crippen molar-refractivity contribution in [3.8, 4) is 0 Å². The molecule has 6 nitrogen and oxygen atoms in total. The minimum Gasteiger partial charge on any atom is -0.542 e. The van der Waals surface area contributed by atoms with Crippen molar-refractivity contribution in [1.29, 1.82) is 0 Å². The summed E-state index contributed by atoms with van der Waals surface area (Å²) in [6.45, 7) is 3.90. The van der Waals surface area contributed by atoms with Crippen molar-refractivity contribution in [2.45, 2.75) is 12.8 Å². The number of hydrogen-bond acceptors (Lipinski definition) is 4. The van der Waals surface area contributed by atoms with Gasteiger partial charge in [0.25, 0.3) is 5.91 Å². The van der Waals surface area contributed by atoms with Gasteiger partial charge in [-0.3, -0.25) is 26.1 Å². The molecule has 0 bridgehead atoms. The summed E-state index contributed by atoms with van der Waals surface area (Å²) in [5.74, 6) is -0.372. The fourth-order valence-corrected chi connectivity index (χ4v) is 2.77. The molecule has 2 heterocycles. The standard InChI is InChI=1S/C25H21N4O2.Li/c1-20(11-15-30)24(17-27-28-25(31)23-9-12-26-13-10-23)19-29-14-5-8-22(18-29)16-21-6-3-2-4-7-21;/h2-10,12-14,17-18H,1,11,16H2,(H,28,31);/q-1;+1/b27-17+;. The maximum Gasteiger partial charge on any atom is 1.00 e. The van der Waals surface area contributed by atoms with E-state index in [1.807, 2.05) is 49.0 Å². The van der Waals surface area contributed by atoms with Gasteiger partial charge in [-0.25, -0.2) is 5.10 Å². The SMILES string of the molecule is C=C(C[C-]=O)C(=[C-][n+]1cccc(Cc2ccccc2)c1)/C=N/NC(=O)c1ccncc1.[Li+]. The summed E-state index contributed by atoms with van der Waals surface area (Å²) >= 11 is 0. The number of aromatic nitrogens is 2. The minimum atomic E-state index is -0.372. The molecule has 7 heteroatoms. The van der Waals surface area contributed by atoms with Crippen molar-refractivity contribution in [2.24, 2.45) is 5.10 Å². The molecule has 2 aromatic heterocycles. The van der Waals surface area contributed by atoms with Crippen molar-refractivity contribution in [1.82, 2.24) is 10.4 Å². The Balaban J connectivity index is 0.00000363. The predicted molar refractivity (Wildman–Crippen MR) is 118 cm³/mol. The molecule has 0 atom stereocenters. The molecule has 0 saturated heterocycles. The smallest absolute Gasteiger partial charge is 0.542 e. The Morgan fingerprint density at radius 1 is 1.09 bits per heavy atom. The van der Waals surface area contributed by atoms with Gasteiger partial charge in [0, 0.05) is 18.0 Å². The molecule has 0 spiro atoms. The Morgan fingerprint density at radius 2 is 1.81 bits per heavy atom. The number of allylic oxidation sites excluding steroid dienone is 2. The van der Waals surface area contributed by atoms with Crippen LogP contribution in [0.15, 0.2) is 102 Å². The molecule has 0 fully saturated rings. The monoisotopic (exact) mass is 416 g/mol. The summed E-state index contributed by atoms with van der Waals surface area (Å²) < 4.78 is 1.75. The number of nitrogens with zero attached hydrogens (tertiary/aromatic N) is 3. The van der Waals surface area contributed by atoms with Crippen LogP contribution < -0.4 is 28.9 Å². The van der Waals surface area contributed by atoms with Crippen LogP contribution in [0.5, 0.6) is 0 Å². The van der Waals surface area contributed by atoms with E-state index in [4.69, 9.17) is 0 Å². The number of nitrogens with one attached hydrogen (secondary N) is 1. The Bertz CT molecular complexity index is 1110. The Labute approximate surface area is 199 Å². The van der Waals surface area contributed by atoms with E-state index in [9.17, 15) is 9.59 Å². The fraction of sp³-hybridized carbons (Fsp3) is 0.0800. The van der Waals surface area contributed by atoms with Crippen LogP contribution in [0.1, 0.15) is 27.9 Å². The molecule has 0 aliphatic heterocycles. The molecule has 1 N–H and O–H groups in total.